The van der Waals surface area contributed by atoms with E-state index in [0.29, 0.717) is 6.61 Å². The number of carbonyl (C=O) groups is 1. The Morgan fingerprint density at radius 1 is 1.80 bits per heavy atom. The van der Waals surface area contributed by atoms with E-state index in [4.69, 9.17) is 4.74 Å². The average molecular weight is 143 g/mol. The number of ether oxygens (including phenoxy) is 1. The van der Waals surface area contributed by atoms with Gasteiger partial charge in [0.25, 0.3) is 0 Å². The van der Waals surface area contributed by atoms with Crippen LogP contribution in [0.15, 0.2) is 0 Å². The molecule has 1 aliphatic heterocycles. The average Bonchev–Trinajstić information content (AvgIpc) is 2.13. The van der Waals surface area contributed by atoms with Gasteiger partial charge in [0.05, 0.1) is 6.61 Å². The third-order valence-corrected chi connectivity index (χ3v) is 1.82. The fraction of sp³-hybridized carbons (Fsp3) is 0.857. The molecule has 0 unspecified atom stereocenters. The van der Waals surface area contributed by atoms with Crippen molar-refractivity contribution in [2.24, 2.45) is 0 Å². The monoisotopic (exact) mass is 143 g/mol. The Morgan fingerprint density at radius 3 is 2.60 bits per heavy atom. The smallest absolute Gasteiger partial charge is 0.176 e. The number of rotatable bonds is 1. The van der Waals surface area contributed by atoms with Gasteiger partial charge in [-0.1, -0.05) is 0 Å². The molecule has 0 bridgehead atoms. The minimum Gasteiger partial charge on any atom is -0.352 e. The van der Waals surface area contributed by atoms with Gasteiger partial charge < -0.3 is 4.74 Å². The summed E-state index contributed by atoms with van der Waals surface area (Å²) in [6.45, 7) is 5.91. The predicted octanol–water partition coefficient (Wildman–Crippen LogP) is 0.300. The van der Waals surface area contributed by atoms with E-state index in [1.54, 1.807) is 6.92 Å². The van der Waals surface area contributed by atoms with Gasteiger partial charge in [0.1, 0.15) is 0 Å². The first kappa shape index (κ1) is 7.69. The number of hydrogen-bond acceptors (Lipinski definition) is 3. The number of hydrogen-bond donors (Lipinski definition) is 1. The van der Waals surface area contributed by atoms with Crippen LogP contribution >= 0.6 is 0 Å². The lowest BCUT2D eigenvalue weighted by Gasteiger charge is -2.19. The summed E-state index contributed by atoms with van der Waals surface area (Å²) in [6.07, 6.45) is 0. The number of ketones is 1. The molecule has 3 nitrogen and oxygen atoms in total. The topological polar surface area (TPSA) is 38.3 Å². The van der Waals surface area contributed by atoms with E-state index in [0.717, 1.165) is 0 Å². The minimum atomic E-state index is -0.723. The van der Waals surface area contributed by atoms with E-state index in [-0.39, 0.29) is 11.8 Å². The number of Topliss-reactive ketones (excluding diaryl/α,β-unsaturated/α-hetero) is 1. The van der Waals surface area contributed by atoms with Crippen molar-refractivity contribution >= 4 is 5.78 Å². The molecule has 58 valence electrons. The van der Waals surface area contributed by atoms with Crippen molar-refractivity contribution < 1.29 is 9.53 Å². The molecule has 3 heteroatoms. The van der Waals surface area contributed by atoms with E-state index in [1.165, 1.54) is 6.92 Å². The first-order valence-corrected chi connectivity index (χ1v) is 3.47. The van der Waals surface area contributed by atoms with E-state index in [9.17, 15) is 4.79 Å². The molecule has 1 aliphatic rings. The highest BCUT2D eigenvalue weighted by atomic mass is 16.5. The number of nitrogens with one attached hydrogen (secondary N) is 1. The molecular formula is C7H13NO2. The minimum absolute atomic E-state index is 0.0388. The Kier molecular flexibility index (Phi) is 1.79. The second-order valence-electron chi connectivity index (χ2n) is 2.95. The van der Waals surface area contributed by atoms with Crippen molar-refractivity contribution in [3.8, 4) is 0 Å². The van der Waals surface area contributed by atoms with Crippen molar-refractivity contribution in [2.45, 2.75) is 32.5 Å². The summed E-state index contributed by atoms with van der Waals surface area (Å²) in [6, 6.07) is 0.286. The maximum atomic E-state index is 10.9. The molecule has 1 fully saturated rings. The van der Waals surface area contributed by atoms with E-state index in [2.05, 4.69) is 5.32 Å². The molecular weight excluding hydrogens is 130 g/mol. The van der Waals surface area contributed by atoms with Gasteiger partial charge in [-0.15, -0.1) is 0 Å². The predicted molar refractivity (Wildman–Crippen MR) is 37.6 cm³/mol. The Bertz CT molecular complexity index is 158. The second-order valence-corrected chi connectivity index (χ2v) is 2.95. The lowest BCUT2D eigenvalue weighted by atomic mass is 10.2. The largest absolute Gasteiger partial charge is 0.352 e. The summed E-state index contributed by atoms with van der Waals surface area (Å²) in [5.74, 6) is 0.0388. The molecule has 0 aromatic heterocycles. The second kappa shape index (κ2) is 2.32. The molecule has 10 heavy (non-hydrogen) atoms. The Morgan fingerprint density at radius 2 is 2.40 bits per heavy atom. The molecule has 1 N–H and O–H groups in total. The maximum absolute atomic E-state index is 10.9. The van der Waals surface area contributed by atoms with Crippen LogP contribution in [0.2, 0.25) is 0 Å². The van der Waals surface area contributed by atoms with Crippen molar-refractivity contribution in [3.63, 3.8) is 0 Å². The Hall–Kier alpha value is -0.410. The zero-order valence-corrected chi connectivity index (χ0v) is 6.60. The summed E-state index contributed by atoms with van der Waals surface area (Å²) < 4.78 is 5.25. The van der Waals surface area contributed by atoms with Gasteiger partial charge in [-0.05, 0) is 20.8 Å². The highest BCUT2D eigenvalue weighted by molar-refractivity contribution is 5.84. The summed E-state index contributed by atoms with van der Waals surface area (Å²) in [4.78, 5) is 10.9. The molecule has 1 saturated heterocycles. The maximum Gasteiger partial charge on any atom is 0.176 e. The molecule has 1 heterocycles. The van der Waals surface area contributed by atoms with Gasteiger partial charge in [0.15, 0.2) is 11.5 Å². The summed E-state index contributed by atoms with van der Waals surface area (Å²) in [7, 11) is 0. The summed E-state index contributed by atoms with van der Waals surface area (Å²) >= 11 is 0. The quantitative estimate of drug-likeness (QED) is 0.573. The van der Waals surface area contributed by atoms with Gasteiger partial charge in [0, 0.05) is 6.04 Å². The lowest BCUT2D eigenvalue weighted by molar-refractivity contribution is -0.136. The molecule has 0 amide bonds. The van der Waals surface area contributed by atoms with Crippen LogP contribution in [0.1, 0.15) is 20.8 Å². The molecule has 0 spiro atoms. The molecule has 1 rings (SSSR count). The van der Waals surface area contributed by atoms with Crippen LogP contribution in [-0.4, -0.2) is 24.2 Å². The van der Waals surface area contributed by atoms with Crippen molar-refractivity contribution in [2.75, 3.05) is 6.61 Å². The van der Waals surface area contributed by atoms with Crippen LogP contribution in [-0.2, 0) is 9.53 Å². The molecule has 0 saturated carbocycles. The van der Waals surface area contributed by atoms with E-state index < -0.39 is 5.72 Å². The van der Waals surface area contributed by atoms with Crippen LogP contribution in [0.3, 0.4) is 0 Å². The van der Waals surface area contributed by atoms with Gasteiger partial charge in [-0.3, -0.25) is 10.1 Å². The van der Waals surface area contributed by atoms with Gasteiger partial charge in [0.2, 0.25) is 0 Å². The molecule has 0 aliphatic carbocycles. The first-order valence-electron chi connectivity index (χ1n) is 3.47. The zero-order chi connectivity index (χ0) is 7.78. The lowest BCUT2D eigenvalue weighted by Crippen LogP contribution is -2.46. The highest BCUT2D eigenvalue weighted by Crippen LogP contribution is 2.15. The standard InChI is InChI=1S/C7H13NO2/c1-5-4-10-7(3,8-5)6(2)9/h5,8H,4H2,1-3H3/t5-,7-/m0/s1. The van der Waals surface area contributed by atoms with Crippen molar-refractivity contribution in [3.05, 3.63) is 0 Å². The fourth-order valence-corrected chi connectivity index (χ4v) is 1.05. The molecule has 0 aromatic carbocycles. The van der Waals surface area contributed by atoms with E-state index >= 15 is 0 Å². The SMILES string of the molecule is CC(=O)[C@@]1(C)N[C@@H](C)CO1. The van der Waals surface area contributed by atoms with Crippen LogP contribution in [0.25, 0.3) is 0 Å². The highest BCUT2D eigenvalue weighted by Gasteiger charge is 2.37. The summed E-state index contributed by atoms with van der Waals surface area (Å²) in [5.41, 5.74) is -0.723. The van der Waals surface area contributed by atoms with Crippen LogP contribution < -0.4 is 5.32 Å². The number of carbonyl (C=O) groups excluding carboxylic acids is 1. The van der Waals surface area contributed by atoms with Crippen molar-refractivity contribution in [1.82, 2.24) is 5.32 Å². The van der Waals surface area contributed by atoms with Crippen LogP contribution in [0.4, 0.5) is 0 Å². The van der Waals surface area contributed by atoms with Crippen LogP contribution in [0, 0.1) is 0 Å². The van der Waals surface area contributed by atoms with Gasteiger partial charge in [-0.2, -0.15) is 0 Å². The van der Waals surface area contributed by atoms with Gasteiger partial charge in [-0.25, -0.2) is 0 Å². The molecule has 2 atom stereocenters. The van der Waals surface area contributed by atoms with E-state index in [1.807, 2.05) is 6.92 Å². The van der Waals surface area contributed by atoms with Crippen LogP contribution in [0.5, 0.6) is 0 Å². The Labute approximate surface area is 60.7 Å². The zero-order valence-electron chi connectivity index (χ0n) is 6.60. The first-order chi connectivity index (χ1) is 4.54. The summed E-state index contributed by atoms with van der Waals surface area (Å²) in [5, 5.41) is 3.06. The third kappa shape index (κ3) is 1.20. The third-order valence-electron chi connectivity index (χ3n) is 1.82. The molecule has 0 radical (unpaired) electrons. The van der Waals surface area contributed by atoms with Gasteiger partial charge >= 0.3 is 0 Å². The Balaban J connectivity index is 2.63. The molecule has 0 aromatic rings. The van der Waals surface area contributed by atoms with Crippen molar-refractivity contribution in [1.29, 1.82) is 0 Å². The fourth-order valence-electron chi connectivity index (χ4n) is 1.05. The normalized spacial score (nSPS) is 40.1.